The van der Waals surface area contributed by atoms with Crippen LogP contribution in [-0.2, 0) is 38.2 Å². The first-order valence-electron chi connectivity index (χ1n) is 31.0. The van der Waals surface area contributed by atoms with Crippen LogP contribution < -0.4 is 67.8 Å². The summed E-state index contributed by atoms with van der Waals surface area (Å²) in [6, 6.07) is 47.4. The van der Waals surface area contributed by atoms with Gasteiger partial charge in [-0.2, -0.15) is 0 Å². The van der Waals surface area contributed by atoms with Gasteiger partial charge in [-0.15, -0.1) is 0 Å². The summed E-state index contributed by atoms with van der Waals surface area (Å²) in [6.07, 6.45) is 2.89. The number of fused-ring (bicyclic) bond motifs is 2. The van der Waals surface area contributed by atoms with Crippen LogP contribution in [0.15, 0.2) is 200 Å². The average molecular weight is 1330 g/mol. The van der Waals surface area contributed by atoms with Crippen LogP contribution in [0.5, 0.6) is 0 Å². The predicted molar refractivity (Wildman–Crippen MR) is 358 cm³/mol. The summed E-state index contributed by atoms with van der Waals surface area (Å²) in [5, 5.41) is 23.8. The van der Waals surface area contributed by atoms with Crippen LogP contribution >= 0.6 is 6.89 Å². The number of carboxylic acids is 1. The zero-order chi connectivity index (χ0) is 68.7. The molecule has 5 heterocycles. The maximum Gasteiger partial charge on any atom is 1.00 e. The van der Waals surface area contributed by atoms with E-state index in [1.54, 1.807) is 53.4 Å². The third-order valence-electron chi connectivity index (χ3n) is 17.7. The number of carbonyl (C=O) groups excluding carboxylic acids is 10. The van der Waals surface area contributed by atoms with E-state index >= 15 is 0 Å². The molecular weight excluding hydrogens is 1250 g/mol. The molecule has 7 N–H and O–H groups in total. The molecule has 20 nitrogen and oxygen atoms in total. The molecule has 0 unspecified atom stereocenters. The molecule has 0 radical (unpaired) electrons. The molecule has 5 aliphatic heterocycles. The molecule has 0 bridgehead atoms. The second-order valence-electron chi connectivity index (χ2n) is 24.2. The van der Waals surface area contributed by atoms with Gasteiger partial charge in [-0.1, -0.05) is 180 Å². The summed E-state index contributed by atoms with van der Waals surface area (Å²) in [5.41, 5.74) is 19.9. The first-order chi connectivity index (χ1) is 45.4. The van der Waals surface area contributed by atoms with E-state index in [9.17, 15) is 58.2 Å². The standard InChI is InChI=1S/C38H37N2O5P.C20H22N2O4.C16H16N2O5.Na/c1-4-23-45-38(44)37(40-32(34(26(2)3)36(40)43)25-33(41)27-15-14-16-28(24-27)35(39)42)46(29-17-8-5-9-18-29,30-19-10-6-11-20-30)31-21-12-7-13-22-31;1-4-8-26-20(25)17-14(12-6-5-7-13(9-12)18(21)23)10-15-16(11(2)3)19(24)22(15)17;1-7(19)12-11-6-10(13(16(22)23)18(11)15(12)21)8-3-2-4-9(5-8)14(17)20;/h4-22,24,26,32,34H,1,23,25H2,2-3H3,(H2,39,42);4-7,9,11,15-16H,1,8,10H2,2-3H3,(H2,21,23);2-5,7,11-12,19H,6H2,1H3,(H2,17,20)(H,22,23);/q;;;+1/p-1/t32-,34-;15-,16-;7-,11-,12-;/m111./s1. The molecule has 5 aliphatic rings. The Hall–Kier alpha value is -9.56. The van der Waals surface area contributed by atoms with Crippen LogP contribution in [0.25, 0.3) is 11.1 Å². The topological polar surface area (TPSA) is 320 Å². The van der Waals surface area contributed by atoms with Gasteiger partial charge >= 0.3 is 41.5 Å². The van der Waals surface area contributed by atoms with Crippen molar-refractivity contribution in [2.75, 3.05) is 13.2 Å². The molecule has 6 aromatic rings. The average Bonchev–Trinajstić information content (AvgIpc) is 1.17. The Morgan fingerprint density at radius 1 is 0.552 bits per heavy atom. The first-order valence-corrected chi connectivity index (χ1v) is 32.8. The number of nitrogens with two attached hydrogens (primary N) is 3. The van der Waals surface area contributed by atoms with Gasteiger partial charge in [-0.05, 0) is 106 Å². The van der Waals surface area contributed by atoms with Gasteiger partial charge < -0.3 is 56.4 Å². The second kappa shape index (κ2) is 30.9. The Morgan fingerprint density at radius 2 is 0.958 bits per heavy atom. The van der Waals surface area contributed by atoms with Gasteiger partial charge in [0.05, 0.1) is 53.6 Å². The summed E-state index contributed by atoms with van der Waals surface area (Å²) < 4.78 is 11.0. The number of aliphatic hydroxyl groups is 1. The summed E-state index contributed by atoms with van der Waals surface area (Å²) >= 11 is 0. The Kier molecular flexibility index (Phi) is 23.3. The van der Waals surface area contributed by atoms with Crippen molar-refractivity contribution < 1.29 is 97.2 Å². The molecule has 96 heavy (non-hydrogen) atoms. The summed E-state index contributed by atoms with van der Waals surface area (Å²) in [7, 11) is 0. The number of rotatable bonds is 22. The smallest absolute Gasteiger partial charge is 0.543 e. The number of esters is 2. The van der Waals surface area contributed by atoms with Crippen LogP contribution in [0.4, 0.5) is 0 Å². The zero-order valence-electron chi connectivity index (χ0n) is 54.2. The number of aliphatic hydroxyl groups excluding tert-OH is 1. The van der Waals surface area contributed by atoms with Crippen LogP contribution in [0.2, 0.25) is 0 Å². The van der Waals surface area contributed by atoms with Crippen LogP contribution in [-0.4, -0.2) is 122 Å². The van der Waals surface area contributed by atoms with Gasteiger partial charge in [0.15, 0.2) is 5.78 Å². The fourth-order valence-electron chi connectivity index (χ4n) is 13.5. The van der Waals surface area contributed by atoms with Crippen molar-refractivity contribution in [1.82, 2.24) is 14.7 Å². The molecule has 0 spiro atoms. The van der Waals surface area contributed by atoms with Gasteiger partial charge in [-0.25, -0.2) is 9.59 Å². The molecule has 0 aliphatic carbocycles. The Morgan fingerprint density at radius 3 is 1.40 bits per heavy atom. The summed E-state index contributed by atoms with van der Waals surface area (Å²) in [6.45, 7) is 13.6. The van der Waals surface area contributed by atoms with Gasteiger partial charge in [0.1, 0.15) is 24.3 Å². The third-order valence-corrected chi connectivity index (χ3v) is 22.0. The minimum absolute atomic E-state index is 0. The number of carboxylic acid groups (broad SMARTS) is 1. The molecule has 7 atom stereocenters. The number of nitrogens with zero attached hydrogens (tertiary/aromatic N) is 3. The van der Waals surface area contributed by atoms with Gasteiger partial charge in [0, 0.05) is 35.6 Å². The Balaban J connectivity index is 0.000000199. The fraction of sp³-hybridized carbons (Fsp3) is 0.257. The molecule has 0 saturated carbocycles. The van der Waals surface area contributed by atoms with Gasteiger partial charge in [0.25, 0.3) is 0 Å². The van der Waals surface area contributed by atoms with E-state index in [4.69, 9.17) is 26.7 Å². The normalized spacial score (nSPS) is 19.3. The van der Waals surface area contributed by atoms with Gasteiger partial charge in [-0.3, -0.25) is 33.6 Å². The molecule has 0 aromatic heterocycles. The number of carbonyl (C=O) groups is 10. The monoisotopic (exact) mass is 1320 g/mol. The van der Waals surface area contributed by atoms with Crippen LogP contribution in [0.3, 0.4) is 0 Å². The molecule has 3 saturated heterocycles. The minimum atomic E-state index is -3.11. The number of β-lactam (4-membered cyclic amide) rings is 3. The largest absolute Gasteiger partial charge is 1.00 e. The van der Waals surface area contributed by atoms with Gasteiger partial charge in [0.2, 0.25) is 35.4 Å². The van der Waals surface area contributed by atoms with E-state index in [0.717, 1.165) is 15.9 Å². The molecule has 11 rings (SSSR count). The van der Waals surface area contributed by atoms with Crippen LogP contribution in [0.1, 0.15) is 106 Å². The van der Waals surface area contributed by atoms with Crippen molar-refractivity contribution in [3.63, 3.8) is 0 Å². The number of benzene rings is 6. The number of primary amides is 3. The molecule has 6 amide bonds. The fourth-order valence-corrected chi connectivity index (χ4v) is 17.8. The van der Waals surface area contributed by atoms with E-state index < -0.39 is 78.4 Å². The van der Waals surface area contributed by atoms with Crippen LogP contribution in [0, 0.1) is 29.6 Å². The van der Waals surface area contributed by atoms with Crippen molar-refractivity contribution in [3.8, 4) is 0 Å². The third kappa shape index (κ3) is 14.1. The molecule has 22 heteroatoms. The number of hydrogen-bond donors (Lipinski definition) is 4. The van der Waals surface area contributed by atoms with Crippen molar-refractivity contribution in [1.29, 1.82) is 0 Å². The SMILES string of the molecule is C=CCOC(=O)C(N1C(=O)[C@H](C(C)C)[C@H]1CC(=O)c1cccc(C(N)=O)c1)=P(c1ccccc1)(c1ccccc1)c1ccccc1.C=CCOC(=O)C1=C(c2cccc(C(N)=O)c2)C[C@@H]2[C@@H](C(C)C)C(=O)N12.C[C@@H](O)[C@H]1C(=O)N2C(C(=O)[O-])=C(c3cccc(C(N)=O)c3)C[C@H]12.[Na+]. The quantitative estimate of drug-likeness (QED) is 0.0190. The van der Waals surface area contributed by atoms with Crippen molar-refractivity contribution >= 4 is 98.5 Å². The van der Waals surface area contributed by atoms with Crippen molar-refractivity contribution in [2.45, 2.75) is 78.1 Å². The van der Waals surface area contributed by atoms with E-state index in [1.807, 2.05) is 125 Å². The second-order valence-corrected chi connectivity index (χ2v) is 27.5. The first kappa shape index (κ1) is 72.3. The number of hydrogen-bond acceptors (Lipinski definition) is 14. The number of ether oxygens (including phenoxy) is 2. The molecule has 490 valence electrons. The van der Waals surface area contributed by atoms with Crippen molar-refractivity contribution in [3.05, 3.63) is 234 Å². The Bertz CT molecular complexity index is 4100. The van der Waals surface area contributed by atoms with E-state index in [1.165, 1.54) is 47.1 Å². The summed E-state index contributed by atoms with van der Waals surface area (Å²) in [4.78, 5) is 130. The number of likely N-dealkylation sites (tertiary alicyclic amines) is 1. The molecule has 6 aromatic carbocycles. The maximum atomic E-state index is 14.5. The van der Waals surface area contributed by atoms with E-state index in [-0.39, 0.29) is 125 Å². The summed E-state index contributed by atoms with van der Waals surface area (Å²) in [5.74, 6) is -6.63. The molecule has 3 fully saturated rings. The van der Waals surface area contributed by atoms with E-state index in [0.29, 0.717) is 39.8 Å². The predicted octanol–water partition coefficient (Wildman–Crippen LogP) is 2.67. The maximum absolute atomic E-state index is 14.5. The minimum Gasteiger partial charge on any atom is -0.543 e. The molecular formula is C74H74N6NaO14P. The number of ketones is 1. The number of Topliss-reactive ketones (excluding diaryl/α,β-unsaturated/α-hetero) is 1. The Labute approximate surface area is 578 Å². The number of amides is 6. The number of aliphatic carboxylic acids is 1. The zero-order valence-corrected chi connectivity index (χ0v) is 57.1. The van der Waals surface area contributed by atoms with E-state index in [2.05, 4.69) is 13.2 Å². The van der Waals surface area contributed by atoms with Crippen molar-refractivity contribution in [2.24, 2.45) is 46.8 Å².